The first-order valence-electron chi connectivity index (χ1n) is 12.3. The Bertz CT molecular complexity index is 952. The summed E-state index contributed by atoms with van der Waals surface area (Å²) in [6, 6.07) is 3.81. The summed E-state index contributed by atoms with van der Waals surface area (Å²) in [7, 11) is 0. The topological polar surface area (TPSA) is 77.3 Å². The summed E-state index contributed by atoms with van der Waals surface area (Å²) in [5.41, 5.74) is 2.38. The van der Waals surface area contributed by atoms with Gasteiger partial charge in [-0.3, -0.25) is 10.2 Å². The van der Waals surface area contributed by atoms with Crippen LogP contribution < -0.4 is 10.6 Å². The van der Waals surface area contributed by atoms with Gasteiger partial charge in [0, 0.05) is 29.4 Å². The van der Waals surface area contributed by atoms with E-state index in [0.29, 0.717) is 48.3 Å². The number of allylic oxidation sites excluding steroid dienone is 2. The summed E-state index contributed by atoms with van der Waals surface area (Å²) < 4.78 is 29.0. The summed E-state index contributed by atoms with van der Waals surface area (Å²) in [4.78, 5) is 16.3. The number of rotatable bonds is 12. The lowest BCUT2D eigenvalue weighted by Gasteiger charge is -2.25. The molecule has 0 bridgehead atoms. The fourth-order valence-corrected chi connectivity index (χ4v) is 3.98. The summed E-state index contributed by atoms with van der Waals surface area (Å²) in [5.74, 6) is -0.167. The van der Waals surface area contributed by atoms with Gasteiger partial charge in [0.05, 0.1) is 11.8 Å². The number of carbonyl (C=O) groups is 1. The number of unbranched alkanes of at least 4 members (excludes halogenated alkanes) is 2. The second kappa shape index (κ2) is 13.8. The highest BCUT2D eigenvalue weighted by Gasteiger charge is 2.25. The molecular formula is C27H38F2N4O. The maximum atomic E-state index is 14.7. The SMILES string of the molecule is CC/C=C/N=C1\NC(=O)CC\C1=C(\C)C(=N)c1cc(F)ccc1NC(CCCCC)C(F)CC. The molecule has 0 aromatic heterocycles. The first kappa shape index (κ1) is 27.4. The van der Waals surface area contributed by atoms with Gasteiger partial charge in [0.15, 0.2) is 0 Å². The van der Waals surface area contributed by atoms with Crippen LogP contribution in [0.2, 0.25) is 0 Å². The van der Waals surface area contributed by atoms with Gasteiger partial charge in [0.2, 0.25) is 5.91 Å². The van der Waals surface area contributed by atoms with E-state index in [4.69, 9.17) is 5.41 Å². The van der Waals surface area contributed by atoms with Crippen LogP contribution in [0.4, 0.5) is 14.5 Å². The molecular weight excluding hydrogens is 434 g/mol. The average molecular weight is 473 g/mol. The van der Waals surface area contributed by atoms with E-state index in [-0.39, 0.29) is 11.6 Å². The third-order valence-corrected chi connectivity index (χ3v) is 6.06. The Labute approximate surface area is 202 Å². The minimum absolute atomic E-state index is 0.122. The quantitative estimate of drug-likeness (QED) is 0.230. The molecule has 0 spiro atoms. The second-order valence-electron chi connectivity index (χ2n) is 8.66. The molecule has 0 saturated carbocycles. The lowest BCUT2D eigenvalue weighted by molar-refractivity contribution is -0.119. The molecule has 2 rings (SSSR count). The van der Waals surface area contributed by atoms with Crippen molar-refractivity contribution in [2.45, 2.75) is 91.3 Å². The smallest absolute Gasteiger partial charge is 0.225 e. The zero-order chi connectivity index (χ0) is 25.1. The van der Waals surface area contributed by atoms with Crippen molar-refractivity contribution >= 4 is 23.1 Å². The molecule has 0 radical (unpaired) electrons. The number of benzene rings is 1. The number of alkyl halides is 1. The van der Waals surface area contributed by atoms with E-state index < -0.39 is 18.0 Å². The minimum atomic E-state index is -1.04. The Balaban J connectivity index is 2.42. The van der Waals surface area contributed by atoms with E-state index in [2.05, 4.69) is 22.5 Å². The first-order valence-corrected chi connectivity index (χ1v) is 12.3. The van der Waals surface area contributed by atoms with E-state index in [1.54, 1.807) is 19.2 Å². The van der Waals surface area contributed by atoms with Crippen molar-refractivity contribution in [3.05, 3.63) is 53.0 Å². The van der Waals surface area contributed by atoms with Crippen molar-refractivity contribution in [2.75, 3.05) is 5.32 Å². The fraction of sp³-hybridized carbons (Fsp3) is 0.519. The molecule has 0 aliphatic carbocycles. The molecule has 1 heterocycles. The summed E-state index contributed by atoms with van der Waals surface area (Å²) in [5, 5.41) is 14.9. The Morgan fingerprint density at radius 2 is 2.03 bits per heavy atom. The van der Waals surface area contributed by atoms with Crippen LogP contribution in [0.1, 0.15) is 84.6 Å². The number of aliphatic imine (C=N–C) groups is 1. The zero-order valence-corrected chi connectivity index (χ0v) is 20.8. The number of nitrogens with zero attached hydrogens (tertiary/aromatic N) is 1. The number of piperidine rings is 1. The van der Waals surface area contributed by atoms with Crippen molar-refractivity contribution in [3.8, 4) is 0 Å². The normalized spacial score (nSPS) is 18.6. The number of halogens is 2. The van der Waals surface area contributed by atoms with Gasteiger partial charge in [-0.1, -0.05) is 46.1 Å². The van der Waals surface area contributed by atoms with E-state index in [1.165, 1.54) is 12.1 Å². The third-order valence-electron chi connectivity index (χ3n) is 6.06. The van der Waals surface area contributed by atoms with Crippen LogP contribution in [0.25, 0.3) is 0 Å². The van der Waals surface area contributed by atoms with Gasteiger partial charge < -0.3 is 10.6 Å². The highest BCUT2D eigenvalue weighted by atomic mass is 19.1. The van der Waals surface area contributed by atoms with Crippen LogP contribution in [-0.2, 0) is 4.79 Å². The van der Waals surface area contributed by atoms with Crippen LogP contribution in [0.3, 0.4) is 0 Å². The molecule has 1 amide bonds. The molecule has 1 aliphatic heterocycles. The Kier molecular flexibility index (Phi) is 11.1. The molecule has 2 unspecified atom stereocenters. The Morgan fingerprint density at radius 3 is 2.71 bits per heavy atom. The molecule has 1 aliphatic rings. The summed E-state index contributed by atoms with van der Waals surface area (Å²) >= 11 is 0. The molecule has 3 N–H and O–H groups in total. The van der Waals surface area contributed by atoms with Gasteiger partial charge >= 0.3 is 0 Å². The largest absolute Gasteiger partial charge is 0.379 e. The van der Waals surface area contributed by atoms with Gasteiger partial charge in [0.25, 0.3) is 0 Å². The molecule has 5 nitrogen and oxygen atoms in total. The molecule has 1 saturated heterocycles. The molecule has 1 fully saturated rings. The van der Waals surface area contributed by atoms with Crippen LogP contribution >= 0.6 is 0 Å². The molecule has 186 valence electrons. The van der Waals surface area contributed by atoms with Crippen LogP contribution in [0, 0.1) is 11.2 Å². The van der Waals surface area contributed by atoms with Gasteiger partial charge in [-0.2, -0.15) is 0 Å². The van der Waals surface area contributed by atoms with Crippen molar-refractivity contribution in [1.82, 2.24) is 5.32 Å². The predicted octanol–water partition coefficient (Wildman–Crippen LogP) is 6.85. The third kappa shape index (κ3) is 7.61. The monoisotopic (exact) mass is 472 g/mol. The fourth-order valence-electron chi connectivity index (χ4n) is 3.98. The van der Waals surface area contributed by atoms with Gasteiger partial charge in [-0.05, 0) is 56.4 Å². The number of amides is 1. The van der Waals surface area contributed by atoms with Gasteiger partial charge in [0.1, 0.15) is 17.8 Å². The van der Waals surface area contributed by atoms with Gasteiger partial charge in [-0.25, -0.2) is 13.8 Å². The van der Waals surface area contributed by atoms with E-state index in [9.17, 15) is 13.6 Å². The van der Waals surface area contributed by atoms with Crippen molar-refractivity contribution in [3.63, 3.8) is 0 Å². The first-order chi connectivity index (χ1) is 16.3. The van der Waals surface area contributed by atoms with E-state index >= 15 is 0 Å². The number of anilines is 1. The average Bonchev–Trinajstić information content (AvgIpc) is 2.83. The van der Waals surface area contributed by atoms with Crippen LogP contribution in [-0.4, -0.2) is 29.7 Å². The van der Waals surface area contributed by atoms with Crippen LogP contribution in [0.15, 0.2) is 46.6 Å². The summed E-state index contributed by atoms with van der Waals surface area (Å²) in [6.45, 7) is 7.69. The maximum absolute atomic E-state index is 14.7. The van der Waals surface area contributed by atoms with E-state index in [0.717, 1.165) is 31.3 Å². The van der Waals surface area contributed by atoms with Crippen molar-refractivity contribution in [1.29, 1.82) is 5.41 Å². The second-order valence-corrected chi connectivity index (χ2v) is 8.66. The number of amidine groups is 1. The lowest BCUT2D eigenvalue weighted by Crippen LogP contribution is -2.37. The zero-order valence-electron chi connectivity index (χ0n) is 20.8. The molecule has 7 heteroatoms. The minimum Gasteiger partial charge on any atom is -0.379 e. The number of hydrogen-bond donors (Lipinski definition) is 3. The number of hydrogen-bond acceptors (Lipinski definition) is 4. The standard InChI is InChI=1S/C27H38F2N4O/c1-5-8-10-11-24(22(29)7-3)32-23-14-12-19(28)17-21(23)26(30)18(4)20-13-15-25(34)33-27(20)31-16-9-6-2/h9,12,14,16-17,22,24,30,32H,5-8,10-11,13,15H2,1-4H3,(H,31,33,34)/b16-9+,20-18+,30-26?. The van der Waals surface area contributed by atoms with Gasteiger partial charge in [-0.15, -0.1) is 0 Å². The Morgan fingerprint density at radius 1 is 1.26 bits per heavy atom. The maximum Gasteiger partial charge on any atom is 0.225 e. The lowest BCUT2D eigenvalue weighted by atomic mass is 9.92. The number of nitrogens with one attached hydrogen (secondary N) is 3. The predicted molar refractivity (Wildman–Crippen MR) is 137 cm³/mol. The summed E-state index contributed by atoms with van der Waals surface area (Å²) in [6.07, 6.45) is 8.03. The highest BCUT2D eigenvalue weighted by Crippen LogP contribution is 2.27. The van der Waals surface area contributed by atoms with Crippen LogP contribution in [0.5, 0.6) is 0 Å². The molecule has 2 atom stereocenters. The highest BCUT2D eigenvalue weighted by molar-refractivity contribution is 6.20. The molecule has 1 aromatic rings. The Hall–Kier alpha value is -2.83. The molecule has 1 aromatic carbocycles. The van der Waals surface area contributed by atoms with Crippen molar-refractivity contribution < 1.29 is 13.6 Å². The van der Waals surface area contributed by atoms with Crippen molar-refractivity contribution in [2.24, 2.45) is 4.99 Å². The number of carbonyl (C=O) groups excluding carboxylic acids is 1. The van der Waals surface area contributed by atoms with E-state index in [1.807, 2.05) is 19.9 Å². The molecule has 34 heavy (non-hydrogen) atoms.